The van der Waals surface area contributed by atoms with Gasteiger partial charge in [0.25, 0.3) is 0 Å². The van der Waals surface area contributed by atoms with Gasteiger partial charge in [0.1, 0.15) is 0 Å². The molecule has 1 aliphatic rings. The highest BCUT2D eigenvalue weighted by atomic mass is 16.2. The third-order valence-electron chi connectivity index (χ3n) is 3.00. The maximum atomic E-state index is 12.1. The van der Waals surface area contributed by atoms with E-state index in [0.29, 0.717) is 18.5 Å². The number of hydrogen-bond acceptors (Lipinski definition) is 3. The number of nitrogens with one attached hydrogen (secondary N) is 2. The summed E-state index contributed by atoms with van der Waals surface area (Å²) in [6, 6.07) is 2.65. The molecule has 1 aromatic rings. The summed E-state index contributed by atoms with van der Waals surface area (Å²) >= 11 is 0. The van der Waals surface area contributed by atoms with Gasteiger partial charge in [-0.1, -0.05) is 0 Å². The van der Waals surface area contributed by atoms with Crippen LogP contribution in [0.1, 0.15) is 25.2 Å². The van der Waals surface area contributed by atoms with Crippen LogP contribution in [0, 0.1) is 6.92 Å². The van der Waals surface area contributed by atoms with Crippen molar-refractivity contribution in [2.24, 2.45) is 0 Å². The van der Waals surface area contributed by atoms with Crippen LogP contribution in [0.25, 0.3) is 0 Å². The Morgan fingerprint density at radius 1 is 1.47 bits per heavy atom. The number of nitrogens with zero attached hydrogens (tertiary/aromatic N) is 2. The van der Waals surface area contributed by atoms with E-state index in [2.05, 4.69) is 29.4 Å². The van der Waals surface area contributed by atoms with E-state index in [9.17, 15) is 4.79 Å². The summed E-state index contributed by atoms with van der Waals surface area (Å²) in [5.41, 5.74) is 1.82. The number of aromatic amines is 1. The van der Waals surface area contributed by atoms with Crippen molar-refractivity contribution in [2.75, 3.05) is 13.1 Å². The number of amides is 1. The van der Waals surface area contributed by atoms with Crippen LogP contribution in [0.3, 0.4) is 0 Å². The summed E-state index contributed by atoms with van der Waals surface area (Å²) in [7, 11) is 0. The molecular weight excluding hydrogens is 216 g/mol. The van der Waals surface area contributed by atoms with Gasteiger partial charge in [-0.2, -0.15) is 5.10 Å². The minimum atomic E-state index is 0.164. The molecule has 1 saturated heterocycles. The Labute approximate surface area is 102 Å². The molecule has 2 N–H and O–H groups in total. The average molecular weight is 236 g/mol. The van der Waals surface area contributed by atoms with Crippen LogP contribution in [0.2, 0.25) is 0 Å². The summed E-state index contributed by atoms with van der Waals surface area (Å²) in [5.74, 6) is 0.164. The van der Waals surface area contributed by atoms with Crippen molar-refractivity contribution in [3.63, 3.8) is 0 Å². The molecule has 1 aliphatic heterocycles. The summed E-state index contributed by atoms with van der Waals surface area (Å²) in [6.07, 6.45) is 0.393. The monoisotopic (exact) mass is 236 g/mol. The normalized spacial score (nSPS) is 25.0. The van der Waals surface area contributed by atoms with Crippen LogP contribution in [0.15, 0.2) is 6.07 Å². The first-order chi connectivity index (χ1) is 8.04. The molecule has 1 amide bonds. The molecule has 0 radical (unpaired) electrons. The van der Waals surface area contributed by atoms with E-state index in [1.165, 1.54) is 0 Å². The summed E-state index contributed by atoms with van der Waals surface area (Å²) in [4.78, 5) is 14.0. The molecule has 0 unspecified atom stereocenters. The molecule has 0 bridgehead atoms. The number of rotatable bonds is 2. The molecule has 5 heteroatoms. The molecule has 17 heavy (non-hydrogen) atoms. The predicted molar refractivity (Wildman–Crippen MR) is 65.7 cm³/mol. The maximum absolute atomic E-state index is 12.1. The smallest absolute Gasteiger partial charge is 0.228 e. The fourth-order valence-corrected chi connectivity index (χ4v) is 2.36. The van der Waals surface area contributed by atoms with Crippen molar-refractivity contribution >= 4 is 5.91 Å². The number of H-pyrrole nitrogens is 1. The van der Waals surface area contributed by atoms with Crippen LogP contribution in [-0.2, 0) is 11.2 Å². The lowest BCUT2D eigenvalue weighted by Crippen LogP contribution is -2.56. The van der Waals surface area contributed by atoms with Crippen molar-refractivity contribution in [2.45, 2.75) is 39.3 Å². The van der Waals surface area contributed by atoms with Crippen LogP contribution in [0.5, 0.6) is 0 Å². The van der Waals surface area contributed by atoms with Crippen molar-refractivity contribution in [1.82, 2.24) is 20.4 Å². The Hall–Kier alpha value is -1.36. The molecule has 0 saturated carbocycles. The van der Waals surface area contributed by atoms with Crippen LogP contribution in [-0.4, -0.2) is 46.2 Å². The Morgan fingerprint density at radius 2 is 2.12 bits per heavy atom. The molecule has 0 aromatic carbocycles. The maximum Gasteiger partial charge on any atom is 0.228 e. The van der Waals surface area contributed by atoms with Crippen LogP contribution in [0.4, 0.5) is 0 Å². The van der Waals surface area contributed by atoms with Crippen molar-refractivity contribution in [3.8, 4) is 0 Å². The van der Waals surface area contributed by atoms with Crippen LogP contribution < -0.4 is 5.32 Å². The van der Waals surface area contributed by atoms with E-state index < -0.39 is 0 Å². The summed E-state index contributed by atoms with van der Waals surface area (Å²) in [5, 5.41) is 10.4. The molecule has 1 fully saturated rings. The Balaban J connectivity index is 1.95. The highest BCUT2D eigenvalue weighted by molar-refractivity contribution is 5.78. The van der Waals surface area contributed by atoms with Gasteiger partial charge in [-0.05, 0) is 26.8 Å². The fraction of sp³-hybridized carbons (Fsp3) is 0.667. The fourth-order valence-electron chi connectivity index (χ4n) is 2.36. The SMILES string of the molecule is Cc1cc(CC(=O)N2C[C@H](C)N[C@@H](C)C2)n[nH]1. The Bertz CT molecular complexity index is 391. The van der Waals surface area contributed by atoms with Gasteiger partial charge in [0, 0.05) is 30.9 Å². The van der Waals surface area contributed by atoms with Gasteiger partial charge < -0.3 is 10.2 Å². The minimum absolute atomic E-state index is 0.164. The minimum Gasteiger partial charge on any atom is -0.339 e. The Morgan fingerprint density at radius 3 is 2.65 bits per heavy atom. The van der Waals surface area contributed by atoms with Gasteiger partial charge in [-0.15, -0.1) is 0 Å². The number of hydrogen-bond donors (Lipinski definition) is 2. The zero-order chi connectivity index (χ0) is 12.4. The molecule has 2 rings (SSSR count). The first-order valence-corrected chi connectivity index (χ1v) is 6.09. The zero-order valence-corrected chi connectivity index (χ0v) is 10.7. The van der Waals surface area contributed by atoms with Gasteiger partial charge in [0.15, 0.2) is 0 Å². The zero-order valence-electron chi connectivity index (χ0n) is 10.7. The highest BCUT2D eigenvalue weighted by Crippen LogP contribution is 2.07. The molecule has 1 aromatic heterocycles. The molecule has 0 aliphatic carbocycles. The van der Waals surface area contributed by atoms with Crippen molar-refractivity contribution in [1.29, 1.82) is 0 Å². The lowest BCUT2D eigenvalue weighted by Gasteiger charge is -2.36. The van der Waals surface area contributed by atoms with Crippen LogP contribution >= 0.6 is 0 Å². The van der Waals surface area contributed by atoms with Crippen molar-refractivity contribution in [3.05, 3.63) is 17.5 Å². The summed E-state index contributed by atoms with van der Waals surface area (Å²) in [6.45, 7) is 7.72. The third-order valence-corrected chi connectivity index (χ3v) is 3.00. The lowest BCUT2D eigenvalue weighted by atomic mass is 10.1. The second-order valence-corrected chi connectivity index (χ2v) is 4.99. The number of aryl methyl sites for hydroxylation is 1. The van der Waals surface area contributed by atoms with Gasteiger partial charge in [-0.25, -0.2) is 0 Å². The first-order valence-electron chi connectivity index (χ1n) is 6.09. The molecule has 2 atom stereocenters. The van der Waals surface area contributed by atoms with E-state index in [-0.39, 0.29) is 5.91 Å². The number of carbonyl (C=O) groups is 1. The highest BCUT2D eigenvalue weighted by Gasteiger charge is 2.24. The second kappa shape index (κ2) is 4.87. The van der Waals surface area contributed by atoms with Gasteiger partial charge in [0.05, 0.1) is 12.1 Å². The Kier molecular flexibility index (Phi) is 3.47. The third kappa shape index (κ3) is 3.06. The predicted octanol–water partition coefficient (Wildman–Crippen LogP) is 0.469. The van der Waals surface area contributed by atoms with E-state index in [4.69, 9.17) is 0 Å². The topological polar surface area (TPSA) is 61.0 Å². The average Bonchev–Trinajstić information content (AvgIpc) is 2.62. The standard InChI is InChI=1S/C12H20N4O/c1-8-4-11(15-14-8)5-12(17)16-6-9(2)13-10(3)7-16/h4,9-10,13H,5-7H2,1-3H3,(H,14,15)/t9-,10-/m0/s1. The first kappa shape index (κ1) is 12.1. The summed E-state index contributed by atoms with van der Waals surface area (Å²) < 4.78 is 0. The molecule has 5 nitrogen and oxygen atoms in total. The second-order valence-electron chi connectivity index (χ2n) is 4.99. The van der Waals surface area contributed by atoms with E-state index in [0.717, 1.165) is 24.5 Å². The van der Waals surface area contributed by atoms with E-state index in [1.54, 1.807) is 0 Å². The largest absolute Gasteiger partial charge is 0.339 e. The van der Waals surface area contributed by atoms with Gasteiger partial charge >= 0.3 is 0 Å². The van der Waals surface area contributed by atoms with Gasteiger partial charge in [-0.3, -0.25) is 9.89 Å². The van der Waals surface area contributed by atoms with E-state index in [1.807, 2.05) is 17.9 Å². The lowest BCUT2D eigenvalue weighted by molar-refractivity contribution is -0.132. The number of aromatic nitrogens is 2. The molecule has 2 heterocycles. The van der Waals surface area contributed by atoms with Gasteiger partial charge in [0.2, 0.25) is 5.91 Å². The van der Waals surface area contributed by atoms with E-state index >= 15 is 0 Å². The van der Waals surface area contributed by atoms with Crippen molar-refractivity contribution < 1.29 is 4.79 Å². The number of piperazine rings is 1. The quantitative estimate of drug-likeness (QED) is 0.784. The molecule has 0 spiro atoms. The molecular formula is C12H20N4O. The number of carbonyl (C=O) groups excluding carboxylic acids is 1. The molecule has 94 valence electrons.